The summed E-state index contributed by atoms with van der Waals surface area (Å²) in [5.41, 5.74) is 0.806. The standard InChI is InChI=1S/C14H18N2O4/c1-3-19-13(17)9-20-12-6-4-11(5-7-12)14(15-18)16-8-10(16)2/h4-7,10,18H,3,8-9H2,1-2H3/b15-14-. The van der Waals surface area contributed by atoms with Crippen molar-refractivity contribution in [2.75, 3.05) is 19.8 Å². The van der Waals surface area contributed by atoms with Crippen molar-refractivity contribution in [3.05, 3.63) is 29.8 Å². The van der Waals surface area contributed by atoms with Crippen LogP contribution >= 0.6 is 0 Å². The molecule has 1 aliphatic rings. The number of benzene rings is 1. The molecule has 1 heterocycles. The van der Waals surface area contributed by atoms with Gasteiger partial charge in [-0.1, -0.05) is 5.16 Å². The van der Waals surface area contributed by atoms with E-state index in [1.165, 1.54) is 0 Å². The number of ether oxygens (including phenoxy) is 2. The number of hydrogen-bond acceptors (Lipinski definition) is 5. The van der Waals surface area contributed by atoms with Crippen LogP contribution in [0.15, 0.2) is 29.4 Å². The second-order valence-electron chi connectivity index (χ2n) is 4.54. The molecule has 1 aromatic rings. The van der Waals surface area contributed by atoms with Gasteiger partial charge in [0.2, 0.25) is 0 Å². The summed E-state index contributed by atoms with van der Waals surface area (Å²) in [6, 6.07) is 7.45. The van der Waals surface area contributed by atoms with Crippen molar-refractivity contribution in [2.45, 2.75) is 19.9 Å². The summed E-state index contributed by atoms with van der Waals surface area (Å²) >= 11 is 0. The van der Waals surface area contributed by atoms with Crippen molar-refractivity contribution >= 4 is 11.8 Å². The number of amidine groups is 1. The van der Waals surface area contributed by atoms with Gasteiger partial charge in [0.25, 0.3) is 0 Å². The summed E-state index contributed by atoms with van der Waals surface area (Å²) in [7, 11) is 0. The third-order valence-electron chi connectivity index (χ3n) is 3.00. The highest BCUT2D eigenvalue weighted by molar-refractivity contribution is 6.00. The maximum atomic E-state index is 11.2. The van der Waals surface area contributed by atoms with Crippen LogP contribution in [0.2, 0.25) is 0 Å². The van der Waals surface area contributed by atoms with Gasteiger partial charge in [-0.25, -0.2) is 4.79 Å². The van der Waals surface area contributed by atoms with Gasteiger partial charge < -0.3 is 19.6 Å². The van der Waals surface area contributed by atoms with Crippen LogP contribution in [0.1, 0.15) is 19.4 Å². The number of esters is 1. The lowest BCUT2D eigenvalue weighted by Crippen LogP contribution is -2.15. The van der Waals surface area contributed by atoms with Crippen molar-refractivity contribution in [3.63, 3.8) is 0 Å². The quantitative estimate of drug-likeness (QED) is 0.220. The van der Waals surface area contributed by atoms with E-state index in [-0.39, 0.29) is 6.61 Å². The Morgan fingerprint density at radius 3 is 2.60 bits per heavy atom. The topological polar surface area (TPSA) is 71.1 Å². The number of nitrogens with zero attached hydrogens (tertiary/aromatic N) is 2. The lowest BCUT2D eigenvalue weighted by Gasteiger charge is -2.09. The van der Waals surface area contributed by atoms with E-state index in [1.807, 2.05) is 4.90 Å². The van der Waals surface area contributed by atoms with E-state index < -0.39 is 5.97 Å². The van der Waals surface area contributed by atoms with Gasteiger partial charge in [0.05, 0.1) is 6.61 Å². The lowest BCUT2D eigenvalue weighted by molar-refractivity contribution is -0.145. The zero-order valence-corrected chi connectivity index (χ0v) is 11.6. The molecule has 6 nitrogen and oxygen atoms in total. The first-order valence-electron chi connectivity index (χ1n) is 6.53. The first kappa shape index (κ1) is 14.2. The minimum Gasteiger partial charge on any atom is -0.482 e. The summed E-state index contributed by atoms with van der Waals surface area (Å²) in [6.45, 7) is 4.92. The summed E-state index contributed by atoms with van der Waals surface area (Å²) in [5, 5.41) is 12.4. The van der Waals surface area contributed by atoms with Crippen molar-refractivity contribution < 1.29 is 19.5 Å². The van der Waals surface area contributed by atoms with Crippen molar-refractivity contribution in [2.24, 2.45) is 5.16 Å². The van der Waals surface area contributed by atoms with E-state index in [2.05, 4.69) is 12.1 Å². The first-order chi connectivity index (χ1) is 9.65. The second kappa shape index (κ2) is 6.27. The largest absolute Gasteiger partial charge is 0.482 e. The maximum absolute atomic E-state index is 11.2. The summed E-state index contributed by atoms with van der Waals surface area (Å²) < 4.78 is 10.1. The van der Waals surface area contributed by atoms with E-state index >= 15 is 0 Å². The molecule has 0 aliphatic carbocycles. The average molecular weight is 278 g/mol. The third kappa shape index (κ3) is 3.40. The van der Waals surface area contributed by atoms with E-state index in [0.29, 0.717) is 24.2 Å². The van der Waals surface area contributed by atoms with Crippen molar-refractivity contribution in [1.82, 2.24) is 4.90 Å². The highest BCUT2D eigenvalue weighted by Gasteiger charge is 2.33. The highest BCUT2D eigenvalue weighted by atomic mass is 16.6. The summed E-state index contributed by atoms with van der Waals surface area (Å²) in [4.78, 5) is 13.1. The van der Waals surface area contributed by atoms with Crippen LogP contribution in [-0.2, 0) is 9.53 Å². The smallest absolute Gasteiger partial charge is 0.344 e. The van der Waals surface area contributed by atoms with E-state index in [1.54, 1.807) is 31.2 Å². The molecule has 6 heteroatoms. The molecular weight excluding hydrogens is 260 g/mol. The number of carbonyl (C=O) groups is 1. The molecule has 1 N–H and O–H groups in total. The van der Waals surface area contributed by atoms with Crippen LogP contribution in [0.5, 0.6) is 5.75 Å². The molecule has 1 aromatic carbocycles. The van der Waals surface area contributed by atoms with Crippen LogP contribution in [0.4, 0.5) is 0 Å². The maximum Gasteiger partial charge on any atom is 0.344 e. The molecular formula is C14H18N2O4. The predicted octanol–water partition coefficient (Wildman–Crippen LogP) is 1.47. The van der Waals surface area contributed by atoms with Crippen LogP contribution < -0.4 is 4.74 Å². The fraction of sp³-hybridized carbons (Fsp3) is 0.429. The Morgan fingerprint density at radius 2 is 2.10 bits per heavy atom. The van der Waals surface area contributed by atoms with Crippen LogP contribution in [0.25, 0.3) is 0 Å². The first-order valence-corrected chi connectivity index (χ1v) is 6.53. The SMILES string of the molecule is CCOC(=O)COc1ccc(/C(=N/O)N2CC2C)cc1. The number of rotatable bonds is 5. The number of hydrogen-bond donors (Lipinski definition) is 1. The summed E-state index contributed by atoms with van der Waals surface area (Å²) in [5.74, 6) is 0.722. The van der Waals surface area contributed by atoms with Gasteiger partial charge in [0.1, 0.15) is 5.75 Å². The Balaban J connectivity index is 1.94. The number of oxime groups is 1. The van der Waals surface area contributed by atoms with Gasteiger partial charge in [-0.15, -0.1) is 0 Å². The fourth-order valence-electron chi connectivity index (χ4n) is 1.86. The molecule has 1 saturated heterocycles. The van der Waals surface area contributed by atoms with Gasteiger partial charge >= 0.3 is 5.97 Å². The molecule has 20 heavy (non-hydrogen) atoms. The third-order valence-corrected chi connectivity index (χ3v) is 3.00. The normalized spacial score (nSPS) is 17.8. The predicted molar refractivity (Wildman–Crippen MR) is 73.1 cm³/mol. The summed E-state index contributed by atoms with van der Waals surface area (Å²) in [6.07, 6.45) is 0. The molecule has 1 aliphatic heterocycles. The van der Waals surface area contributed by atoms with Gasteiger partial charge in [-0.3, -0.25) is 0 Å². The van der Waals surface area contributed by atoms with E-state index in [9.17, 15) is 4.79 Å². The van der Waals surface area contributed by atoms with Crippen LogP contribution in [0.3, 0.4) is 0 Å². The minimum atomic E-state index is -0.396. The highest BCUT2D eigenvalue weighted by Crippen LogP contribution is 2.22. The monoisotopic (exact) mass is 278 g/mol. The van der Waals surface area contributed by atoms with Gasteiger partial charge in [0, 0.05) is 18.2 Å². The Hall–Kier alpha value is -2.24. The van der Waals surface area contributed by atoms with Crippen LogP contribution in [-0.4, -0.2) is 47.7 Å². The van der Waals surface area contributed by atoms with E-state index in [4.69, 9.17) is 14.7 Å². The average Bonchev–Trinajstić information content (AvgIpc) is 3.16. The Labute approximate surface area is 117 Å². The molecule has 0 amide bonds. The molecule has 1 unspecified atom stereocenters. The second-order valence-corrected chi connectivity index (χ2v) is 4.54. The van der Waals surface area contributed by atoms with Crippen molar-refractivity contribution in [1.29, 1.82) is 0 Å². The Kier molecular flexibility index (Phi) is 4.45. The van der Waals surface area contributed by atoms with Gasteiger partial charge in [0.15, 0.2) is 12.4 Å². The number of carbonyl (C=O) groups excluding carboxylic acids is 1. The van der Waals surface area contributed by atoms with Crippen molar-refractivity contribution in [3.8, 4) is 5.75 Å². The molecule has 2 rings (SSSR count). The zero-order chi connectivity index (χ0) is 14.5. The zero-order valence-electron chi connectivity index (χ0n) is 11.6. The van der Waals surface area contributed by atoms with E-state index in [0.717, 1.165) is 12.1 Å². The molecule has 0 spiro atoms. The van der Waals surface area contributed by atoms with Gasteiger partial charge in [-0.05, 0) is 38.1 Å². The molecule has 1 atom stereocenters. The molecule has 108 valence electrons. The Morgan fingerprint density at radius 1 is 1.45 bits per heavy atom. The molecule has 0 saturated carbocycles. The minimum absolute atomic E-state index is 0.114. The molecule has 0 aromatic heterocycles. The lowest BCUT2D eigenvalue weighted by atomic mass is 10.2. The molecule has 0 bridgehead atoms. The Bertz CT molecular complexity index is 498. The van der Waals surface area contributed by atoms with Crippen LogP contribution in [0, 0.1) is 0 Å². The fourth-order valence-corrected chi connectivity index (χ4v) is 1.86. The van der Waals surface area contributed by atoms with Gasteiger partial charge in [-0.2, -0.15) is 0 Å². The molecule has 1 fully saturated rings. The molecule has 0 radical (unpaired) electrons.